The Balaban J connectivity index is 2.62. The molecule has 2 rings (SSSR count). The normalized spacial score (nSPS) is 14.1. The summed E-state index contributed by atoms with van der Waals surface area (Å²) < 4.78 is 87.1. The van der Waals surface area contributed by atoms with Gasteiger partial charge < -0.3 is 0 Å². The molecular weight excluding hydrogens is 393 g/mol. The molecule has 0 amide bonds. The molecule has 0 aliphatic rings. The lowest BCUT2D eigenvalue weighted by Gasteiger charge is -2.13. The van der Waals surface area contributed by atoms with E-state index in [4.69, 9.17) is 23.2 Å². The van der Waals surface area contributed by atoms with Gasteiger partial charge in [-0.05, 0) is 12.1 Å². The molecule has 0 radical (unpaired) electrons. The van der Waals surface area contributed by atoms with E-state index in [1.807, 2.05) is 0 Å². The third-order valence-corrected chi connectivity index (χ3v) is 4.36. The Labute approximate surface area is 137 Å². The Hall–Kier alpha value is -1.26. The third-order valence-electron chi connectivity index (χ3n) is 2.63. The lowest BCUT2D eigenvalue weighted by Crippen LogP contribution is -2.16. The van der Waals surface area contributed by atoms with Crippen LogP contribution in [-0.4, -0.2) is 19.9 Å². The summed E-state index contributed by atoms with van der Waals surface area (Å²) in [4.78, 5) is -0.791. The molecule has 1 N–H and O–H groups in total. The van der Waals surface area contributed by atoms with Gasteiger partial charge in [0.1, 0.15) is 0 Å². The number of benzene rings is 1. The highest BCUT2D eigenvalue weighted by molar-refractivity contribution is 7.86. The number of H-pyrrole nitrogens is 1. The average molecular weight is 397 g/mol. The number of nitrogens with one attached hydrogen (secondary N) is 1. The summed E-state index contributed by atoms with van der Waals surface area (Å²) in [7, 11) is -3.45. The molecule has 1 heterocycles. The summed E-state index contributed by atoms with van der Waals surface area (Å²) >= 11 is 11.4. The maximum absolute atomic E-state index is 12.7. The second-order valence-electron chi connectivity index (χ2n) is 4.14. The smallest absolute Gasteiger partial charge is 0.276 e. The van der Waals surface area contributed by atoms with Crippen molar-refractivity contribution in [3.05, 3.63) is 33.9 Å². The van der Waals surface area contributed by atoms with E-state index in [1.165, 1.54) is 0 Å². The first kappa shape index (κ1) is 18.1. The van der Waals surface area contributed by atoms with E-state index in [1.54, 1.807) is 0 Å². The first-order valence-corrected chi connectivity index (χ1v) is 7.42. The summed E-state index contributed by atoms with van der Waals surface area (Å²) in [6.07, 6.45) is -4.10. The fourth-order valence-corrected chi connectivity index (χ4v) is 3.10. The van der Waals surface area contributed by atoms with Crippen molar-refractivity contribution in [1.82, 2.24) is 10.2 Å². The molecule has 1 aromatic heterocycles. The van der Waals surface area contributed by atoms with Gasteiger partial charge in [-0.2, -0.15) is 31.4 Å². The number of aromatic amines is 1. The second-order valence-corrected chi connectivity index (χ2v) is 6.39. The molecule has 23 heavy (non-hydrogen) atoms. The van der Waals surface area contributed by atoms with Crippen molar-refractivity contribution in [2.75, 3.05) is 0 Å². The minimum absolute atomic E-state index is 0.355. The highest BCUT2D eigenvalue weighted by atomic mass is 35.5. The van der Waals surface area contributed by atoms with E-state index in [-0.39, 0.29) is 5.56 Å². The molecule has 0 aliphatic heterocycles. The third kappa shape index (κ3) is 3.64. The Bertz CT molecular complexity index is 748. The molecule has 3 nitrogen and oxygen atoms in total. The molecule has 0 aliphatic carbocycles. The van der Waals surface area contributed by atoms with E-state index >= 15 is 0 Å². The summed E-state index contributed by atoms with van der Waals surface area (Å²) in [5, 5.41) is 4.33. The molecule has 1 aromatic carbocycles. The molecular formula is C11H4Cl2F6N2OS. The number of hydrogen-bond acceptors (Lipinski definition) is 2. The van der Waals surface area contributed by atoms with Gasteiger partial charge in [-0.25, -0.2) is 4.21 Å². The largest absolute Gasteiger partial charge is 0.475 e. The van der Waals surface area contributed by atoms with Gasteiger partial charge >= 0.3 is 11.7 Å². The summed E-state index contributed by atoms with van der Waals surface area (Å²) in [5.74, 6) is 0. The minimum Gasteiger partial charge on any atom is -0.276 e. The van der Waals surface area contributed by atoms with Gasteiger partial charge in [0.05, 0.1) is 32.4 Å². The van der Waals surface area contributed by atoms with Crippen molar-refractivity contribution < 1.29 is 30.6 Å². The lowest BCUT2D eigenvalue weighted by atomic mass is 10.1. The Morgan fingerprint density at radius 3 is 2.00 bits per heavy atom. The van der Waals surface area contributed by atoms with E-state index in [0.29, 0.717) is 18.3 Å². The Morgan fingerprint density at radius 2 is 1.57 bits per heavy atom. The Morgan fingerprint density at radius 1 is 1.04 bits per heavy atom. The predicted octanol–water partition coefficient (Wildman–Crippen LogP) is 5.03. The number of rotatable bonds is 2. The number of hydrogen-bond donors (Lipinski definition) is 1. The molecule has 0 spiro atoms. The fraction of sp³-hybridized carbons (Fsp3) is 0.182. The molecule has 1 atom stereocenters. The number of aromatic nitrogens is 2. The van der Waals surface area contributed by atoms with Gasteiger partial charge in [0.25, 0.3) is 0 Å². The molecule has 126 valence electrons. The van der Waals surface area contributed by atoms with Crippen molar-refractivity contribution in [2.45, 2.75) is 16.6 Å². The molecule has 0 fully saturated rings. The van der Waals surface area contributed by atoms with Crippen LogP contribution in [-0.2, 0) is 17.0 Å². The molecule has 1 unspecified atom stereocenters. The zero-order valence-electron chi connectivity index (χ0n) is 10.5. The quantitative estimate of drug-likeness (QED) is 0.723. The monoisotopic (exact) mass is 396 g/mol. The topological polar surface area (TPSA) is 45.8 Å². The van der Waals surface area contributed by atoms with Crippen LogP contribution in [0.15, 0.2) is 23.2 Å². The highest BCUT2D eigenvalue weighted by Gasteiger charge is 2.41. The van der Waals surface area contributed by atoms with Crippen LogP contribution in [0.4, 0.5) is 26.3 Å². The highest BCUT2D eigenvalue weighted by Crippen LogP contribution is 2.42. The molecule has 2 aromatic rings. The summed E-state index contributed by atoms with van der Waals surface area (Å²) in [6, 6.07) is 1.01. The predicted molar refractivity (Wildman–Crippen MR) is 71.5 cm³/mol. The summed E-state index contributed by atoms with van der Waals surface area (Å²) in [6.45, 7) is 0. The first-order valence-electron chi connectivity index (χ1n) is 5.51. The van der Waals surface area contributed by atoms with Crippen molar-refractivity contribution in [3.8, 4) is 11.3 Å². The number of nitrogens with zero attached hydrogens (tertiary/aromatic N) is 1. The van der Waals surface area contributed by atoms with E-state index in [2.05, 4.69) is 10.2 Å². The van der Waals surface area contributed by atoms with Crippen molar-refractivity contribution >= 4 is 34.0 Å². The van der Waals surface area contributed by atoms with Gasteiger partial charge in [-0.3, -0.25) is 5.10 Å². The van der Waals surface area contributed by atoms with Crippen molar-refractivity contribution in [1.29, 1.82) is 0 Å². The average Bonchev–Trinajstić information content (AvgIpc) is 2.83. The van der Waals surface area contributed by atoms with Crippen LogP contribution in [0.1, 0.15) is 5.56 Å². The van der Waals surface area contributed by atoms with Gasteiger partial charge in [0, 0.05) is 5.56 Å². The number of alkyl halides is 6. The van der Waals surface area contributed by atoms with Crippen LogP contribution in [0.5, 0.6) is 0 Å². The van der Waals surface area contributed by atoms with E-state index < -0.39 is 48.7 Å². The van der Waals surface area contributed by atoms with Gasteiger partial charge in [0.2, 0.25) is 0 Å². The maximum atomic E-state index is 12.7. The van der Waals surface area contributed by atoms with Gasteiger partial charge in [-0.1, -0.05) is 23.2 Å². The van der Waals surface area contributed by atoms with Crippen molar-refractivity contribution in [2.24, 2.45) is 0 Å². The molecule has 0 saturated heterocycles. The SMILES string of the molecule is O=S(c1cn[nH]c1-c1c(Cl)cc(C(F)(F)F)cc1Cl)C(F)(F)F. The van der Waals surface area contributed by atoms with Crippen LogP contribution in [0, 0.1) is 0 Å². The van der Waals surface area contributed by atoms with E-state index in [9.17, 15) is 30.6 Å². The zero-order chi connectivity index (χ0) is 17.6. The molecule has 0 bridgehead atoms. The zero-order valence-corrected chi connectivity index (χ0v) is 12.8. The van der Waals surface area contributed by atoms with Gasteiger partial charge in [-0.15, -0.1) is 0 Å². The fourth-order valence-electron chi connectivity index (χ4n) is 1.70. The molecule has 12 heteroatoms. The maximum Gasteiger partial charge on any atom is 0.475 e. The van der Waals surface area contributed by atoms with Crippen LogP contribution < -0.4 is 0 Å². The van der Waals surface area contributed by atoms with Gasteiger partial charge in [0.15, 0.2) is 10.8 Å². The van der Waals surface area contributed by atoms with Crippen LogP contribution in [0.25, 0.3) is 11.3 Å². The van der Waals surface area contributed by atoms with E-state index in [0.717, 1.165) is 0 Å². The Kier molecular flexibility index (Phi) is 4.71. The first-order chi connectivity index (χ1) is 10.4. The van der Waals surface area contributed by atoms with Crippen LogP contribution in [0.2, 0.25) is 10.0 Å². The standard InChI is InChI=1S/C11H4Cl2F6N2OS/c12-5-1-4(10(14,15)16)2-6(13)8(5)9-7(3-20-21-9)23(22)11(17,18)19/h1-3H,(H,20,21). The van der Waals surface area contributed by atoms with Crippen LogP contribution in [0.3, 0.4) is 0 Å². The van der Waals surface area contributed by atoms with Crippen molar-refractivity contribution in [3.63, 3.8) is 0 Å². The van der Waals surface area contributed by atoms with Crippen LogP contribution >= 0.6 is 23.2 Å². The summed E-state index contributed by atoms with van der Waals surface area (Å²) in [5.41, 5.74) is -7.08. The number of halogens is 8. The minimum atomic E-state index is -5.08. The lowest BCUT2D eigenvalue weighted by molar-refractivity contribution is -0.137. The molecule has 0 saturated carbocycles. The second kappa shape index (κ2) is 5.99.